The van der Waals surface area contributed by atoms with Crippen molar-refractivity contribution in [2.24, 2.45) is 11.3 Å². The smallest absolute Gasteiger partial charge is 0.226 e. The number of carbonyl (C=O) groups is 1. The molecule has 1 atom stereocenters. The normalized spacial score (nSPS) is 21.0. The topological polar surface area (TPSA) is 50.8 Å². The lowest BCUT2D eigenvalue weighted by atomic mass is 9.73. The highest BCUT2D eigenvalue weighted by molar-refractivity contribution is 5.83. The first-order chi connectivity index (χ1) is 17.8. The number of fused-ring (bicyclic) bond motifs is 1. The first kappa shape index (κ1) is 27.5. The fourth-order valence-corrected chi connectivity index (χ4v) is 5.83. The highest BCUT2D eigenvalue weighted by Crippen LogP contribution is 2.38. The Kier molecular flexibility index (Phi) is 9.53. The number of rotatable bonds is 6. The van der Waals surface area contributed by atoms with E-state index in [1.807, 2.05) is 19.9 Å². The van der Waals surface area contributed by atoms with Gasteiger partial charge in [-0.2, -0.15) is 0 Å². The van der Waals surface area contributed by atoms with Crippen LogP contribution in [0.1, 0.15) is 77.3 Å². The van der Waals surface area contributed by atoms with E-state index in [1.54, 1.807) is 0 Å². The van der Waals surface area contributed by atoms with Crippen molar-refractivity contribution in [2.45, 2.75) is 91.3 Å². The van der Waals surface area contributed by atoms with E-state index in [2.05, 4.69) is 66.5 Å². The Morgan fingerprint density at radius 3 is 2.43 bits per heavy atom. The Morgan fingerprint density at radius 1 is 1.00 bits per heavy atom. The van der Waals surface area contributed by atoms with Gasteiger partial charge in [0.1, 0.15) is 18.1 Å². The quantitative estimate of drug-likeness (QED) is 0.493. The van der Waals surface area contributed by atoms with Crippen molar-refractivity contribution in [1.29, 1.82) is 0 Å². The van der Waals surface area contributed by atoms with Gasteiger partial charge in [-0.15, -0.1) is 0 Å². The Morgan fingerprint density at radius 2 is 1.73 bits per heavy atom. The van der Waals surface area contributed by atoms with Gasteiger partial charge in [-0.05, 0) is 101 Å². The van der Waals surface area contributed by atoms with Gasteiger partial charge < -0.3 is 14.8 Å². The first-order valence-electron chi connectivity index (χ1n) is 14.3. The van der Waals surface area contributed by atoms with E-state index in [-0.39, 0.29) is 23.5 Å². The van der Waals surface area contributed by atoms with Crippen LogP contribution >= 0.6 is 0 Å². The molecule has 2 aliphatic heterocycles. The fourth-order valence-electron chi connectivity index (χ4n) is 5.83. The zero-order chi connectivity index (χ0) is 26.3. The second-order valence-corrected chi connectivity index (χ2v) is 11.8. The molecule has 1 spiro atoms. The van der Waals surface area contributed by atoms with Crippen LogP contribution in [-0.2, 0) is 17.8 Å². The van der Waals surface area contributed by atoms with Gasteiger partial charge in [0.05, 0.1) is 17.6 Å². The highest BCUT2D eigenvalue weighted by Gasteiger charge is 2.41. The zero-order valence-electron chi connectivity index (χ0n) is 23.3. The van der Waals surface area contributed by atoms with Crippen molar-refractivity contribution >= 4 is 5.91 Å². The number of nitrogens with one attached hydrogen (secondary N) is 1. The number of likely N-dealkylation sites (tertiary alicyclic amines) is 1. The minimum atomic E-state index is -0.278. The molecular weight excluding hydrogens is 460 g/mol. The lowest BCUT2D eigenvalue weighted by Crippen LogP contribution is -2.52. The lowest BCUT2D eigenvalue weighted by Gasteiger charge is -2.42. The van der Waals surface area contributed by atoms with E-state index < -0.39 is 0 Å². The SMILES string of the molecule is CC(C)C[C@H]1COc2ccccc2CCCCC2(CCN(Cc3ccc(OC(C)C)cc3)CC2)C(=O)N1. The molecule has 2 aliphatic rings. The average molecular weight is 507 g/mol. The van der Waals surface area contributed by atoms with Crippen molar-refractivity contribution in [3.8, 4) is 11.5 Å². The van der Waals surface area contributed by atoms with Gasteiger partial charge >= 0.3 is 0 Å². The van der Waals surface area contributed by atoms with E-state index in [0.29, 0.717) is 12.5 Å². The maximum Gasteiger partial charge on any atom is 0.226 e. The second-order valence-electron chi connectivity index (χ2n) is 11.8. The van der Waals surface area contributed by atoms with Crippen molar-refractivity contribution in [2.75, 3.05) is 19.7 Å². The number of para-hydroxylation sites is 1. The third kappa shape index (κ3) is 7.73. The number of carbonyl (C=O) groups excluding carboxylic acids is 1. The first-order valence-corrected chi connectivity index (χ1v) is 14.3. The highest BCUT2D eigenvalue weighted by atomic mass is 16.5. The minimum Gasteiger partial charge on any atom is -0.491 e. The summed E-state index contributed by atoms with van der Waals surface area (Å²) in [5, 5.41) is 3.45. The summed E-state index contributed by atoms with van der Waals surface area (Å²) in [4.78, 5) is 16.3. The summed E-state index contributed by atoms with van der Waals surface area (Å²) in [6.07, 6.45) is 7.05. The van der Waals surface area contributed by atoms with E-state index in [1.165, 1.54) is 11.1 Å². The van der Waals surface area contributed by atoms with Gasteiger partial charge in [0.15, 0.2) is 0 Å². The van der Waals surface area contributed by atoms with Crippen LogP contribution in [0.25, 0.3) is 0 Å². The Hall–Kier alpha value is -2.53. The number of hydrogen-bond donors (Lipinski definition) is 1. The molecule has 1 amide bonds. The molecule has 1 saturated heterocycles. The van der Waals surface area contributed by atoms with Crippen LogP contribution in [0.4, 0.5) is 0 Å². The average Bonchev–Trinajstić information content (AvgIpc) is 2.86. The molecule has 0 saturated carbocycles. The summed E-state index contributed by atoms with van der Waals surface area (Å²) in [7, 11) is 0. The predicted octanol–water partition coefficient (Wildman–Crippen LogP) is 6.39. The van der Waals surface area contributed by atoms with E-state index in [0.717, 1.165) is 76.1 Å². The third-order valence-corrected chi connectivity index (χ3v) is 7.85. The summed E-state index contributed by atoms with van der Waals surface area (Å²) >= 11 is 0. The molecule has 5 heteroatoms. The van der Waals surface area contributed by atoms with Crippen molar-refractivity contribution in [3.63, 3.8) is 0 Å². The summed E-state index contributed by atoms with van der Waals surface area (Å²) in [5.74, 6) is 2.62. The van der Waals surface area contributed by atoms with E-state index >= 15 is 0 Å². The van der Waals surface area contributed by atoms with Crippen LogP contribution in [0.15, 0.2) is 48.5 Å². The summed E-state index contributed by atoms with van der Waals surface area (Å²) < 4.78 is 12.1. The van der Waals surface area contributed by atoms with Crippen molar-refractivity contribution in [1.82, 2.24) is 10.2 Å². The molecule has 0 radical (unpaired) electrons. The van der Waals surface area contributed by atoms with Gasteiger partial charge in [-0.25, -0.2) is 0 Å². The number of benzene rings is 2. The van der Waals surface area contributed by atoms with Crippen molar-refractivity contribution < 1.29 is 14.3 Å². The largest absolute Gasteiger partial charge is 0.491 e. The lowest BCUT2D eigenvalue weighted by molar-refractivity contribution is -0.136. The van der Waals surface area contributed by atoms with Gasteiger partial charge in [0.2, 0.25) is 5.91 Å². The minimum absolute atomic E-state index is 0.0291. The van der Waals surface area contributed by atoms with Crippen LogP contribution in [-0.4, -0.2) is 42.6 Å². The molecule has 37 heavy (non-hydrogen) atoms. The molecule has 0 bridgehead atoms. The summed E-state index contributed by atoms with van der Waals surface area (Å²) in [6.45, 7) is 11.9. The van der Waals surface area contributed by atoms with Crippen LogP contribution in [0.3, 0.4) is 0 Å². The second kappa shape index (κ2) is 12.8. The molecule has 1 N–H and O–H groups in total. The molecule has 4 rings (SSSR count). The number of nitrogens with zero attached hydrogens (tertiary/aromatic N) is 1. The molecule has 202 valence electrons. The molecule has 2 aromatic rings. The number of piperidine rings is 1. The van der Waals surface area contributed by atoms with E-state index in [9.17, 15) is 4.79 Å². The Balaban J connectivity index is 1.42. The van der Waals surface area contributed by atoms with Gasteiger partial charge in [0.25, 0.3) is 0 Å². The number of aryl methyl sites for hydroxylation is 1. The van der Waals surface area contributed by atoms with Gasteiger partial charge in [0, 0.05) is 6.54 Å². The maximum atomic E-state index is 13.8. The monoisotopic (exact) mass is 506 g/mol. The van der Waals surface area contributed by atoms with Crippen LogP contribution in [0.5, 0.6) is 11.5 Å². The molecule has 0 aromatic heterocycles. The molecule has 2 aromatic carbocycles. The standard InChI is InChI=1S/C32H46N2O3/c1-24(2)21-28-23-36-30-11-6-5-9-27(30)10-7-8-16-32(31(35)33-28)17-19-34(20-18-32)22-26-12-14-29(15-13-26)37-25(3)4/h5-6,9,11-15,24-25,28H,7-8,10,16-23H2,1-4H3,(H,33,35)/t28-/m0/s1. The van der Waals surface area contributed by atoms with Crippen molar-refractivity contribution in [3.05, 3.63) is 59.7 Å². The Bertz CT molecular complexity index is 993. The number of amides is 1. The molecule has 0 aliphatic carbocycles. The number of ether oxygens (including phenoxy) is 2. The van der Waals surface area contributed by atoms with Crippen LogP contribution in [0, 0.1) is 11.3 Å². The predicted molar refractivity (Wildman–Crippen MR) is 150 cm³/mol. The molecule has 1 fully saturated rings. The third-order valence-electron chi connectivity index (χ3n) is 7.85. The summed E-state index contributed by atoms with van der Waals surface area (Å²) in [5.41, 5.74) is 2.30. The molecular formula is C32H46N2O3. The van der Waals surface area contributed by atoms with E-state index in [4.69, 9.17) is 9.47 Å². The Labute approximate surface area is 223 Å². The van der Waals surface area contributed by atoms with Crippen LogP contribution < -0.4 is 14.8 Å². The summed E-state index contributed by atoms with van der Waals surface area (Å²) in [6, 6.07) is 16.9. The number of hydrogen-bond acceptors (Lipinski definition) is 4. The zero-order valence-corrected chi connectivity index (χ0v) is 23.3. The molecule has 0 unspecified atom stereocenters. The fraction of sp³-hybridized carbons (Fsp3) is 0.594. The maximum absolute atomic E-state index is 13.8. The van der Waals surface area contributed by atoms with Crippen LogP contribution in [0.2, 0.25) is 0 Å². The van der Waals surface area contributed by atoms with Gasteiger partial charge in [-0.3, -0.25) is 9.69 Å². The molecule has 2 heterocycles. The molecule has 5 nitrogen and oxygen atoms in total. The van der Waals surface area contributed by atoms with Gasteiger partial charge in [-0.1, -0.05) is 50.6 Å².